The number of aliphatic hydroxyl groups is 1. The van der Waals surface area contributed by atoms with Crippen molar-refractivity contribution in [2.45, 2.75) is 32.2 Å². The Bertz CT molecular complexity index is 499. The van der Waals surface area contributed by atoms with E-state index in [9.17, 15) is 4.79 Å². The Morgan fingerprint density at radius 3 is 3.05 bits per heavy atom. The predicted octanol–water partition coefficient (Wildman–Crippen LogP) is 1.34. The van der Waals surface area contributed by atoms with Gasteiger partial charge in [0.25, 0.3) is 5.91 Å². The van der Waals surface area contributed by atoms with Crippen LogP contribution in [0.2, 0.25) is 0 Å². The first kappa shape index (κ1) is 13.6. The van der Waals surface area contributed by atoms with E-state index in [-0.39, 0.29) is 12.5 Å². The number of carbonyl (C=O) groups is 1. The second kappa shape index (κ2) is 6.35. The van der Waals surface area contributed by atoms with E-state index >= 15 is 0 Å². The van der Waals surface area contributed by atoms with E-state index in [4.69, 9.17) is 5.11 Å². The van der Waals surface area contributed by atoms with E-state index < -0.39 is 0 Å². The summed E-state index contributed by atoms with van der Waals surface area (Å²) in [5.74, 6) is 5.81. The number of hydrogen-bond donors (Lipinski definition) is 2. The van der Waals surface area contributed by atoms with E-state index in [0.717, 1.165) is 12.8 Å². The summed E-state index contributed by atoms with van der Waals surface area (Å²) in [7, 11) is 0. The zero-order chi connectivity index (χ0) is 13.7. The molecule has 0 spiro atoms. The smallest absolute Gasteiger partial charge is 0.270 e. The van der Waals surface area contributed by atoms with Gasteiger partial charge in [0.1, 0.15) is 12.3 Å². The molecule has 4 heteroatoms. The van der Waals surface area contributed by atoms with Crippen molar-refractivity contribution < 1.29 is 9.90 Å². The van der Waals surface area contributed by atoms with Crippen LogP contribution in [0.4, 0.5) is 0 Å². The molecule has 1 heterocycles. The Morgan fingerprint density at radius 2 is 2.42 bits per heavy atom. The molecule has 2 atom stereocenters. The van der Waals surface area contributed by atoms with Crippen molar-refractivity contribution in [1.29, 1.82) is 0 Å². The third-order valence-corrected chi connectivity index (χ3v) is 3.21. The van der Waals surface area contributed by atoms with E-state index in [1.807, 2.05) is 0 Å². The lowest BCUT2D eigenvalue weighted by Crippen LogP contribution is -2.27. The molecular weight excluding hydrogens is 240 g/mol. The first-order chi connectivity index (χ1) is 9.24. The van der Waals surface area contributed by atoms with Crippen molar-refractivity contribution >= 4 is 5.91 Å². The minimum absolute atomic E-state index is 0.120. The van der Waals surface area contributed by atoms with E-state index in [2.05, 4.69) is 29.1 Å². The molecule has 1 aromatic rings. The van der Waals surface area contributed by atoms with Crippen molar-refractivity contribution in [3.05, 3.63) is 29.6 Å². The molecule has 100 valence electrons. The van der Waals surface area contributed by atoms with Crippen LogP contribution in [0.25, 0.3) is 0 Å². The molecule has 0 saturated heterocycles. The van der Waals surface area contributed by atoms with Crippen LogP contribution >= 0.6 is 0 Å². The molecule has 1 aliphatic rings. The monoisotopic (exact) mass is 258 g/mol. The number of nitrogens with zero attached hydrogens (tertiary/aromatic N) is 1. The highest BCUT2D eigenvalue weighted by Gasteiger charge is 2.37. The van der Waals surface area contributed by atoms with Crippen LogP contribution in [0, 0.1) is 17.8 Å². The predicted molar refractivity (Wildman–Crippen MR) is 72.5 cm³/mol. The maximum atomic E-state index is 11.9. The van der Waals surface area contributed by atoms with Crippen LogP contribution < -0.4 is 5.32 Å². The fourth-order valence-electron chi connectivity index (χ4n) is 2.10. The fraction of sp³-hybridized carbons (Fsp3) is 0.467. The van der Waals surface area contributed by atoms with Crippen molar-refractivity contribution in [3.63, 3.8) is 0 Å². The van der Waals surface area contributed by atoms with Gasteiger partial charge < -0.3 is 10.4 Å². The average Bonchev–Trinajstić information content (AvgIpc) is 3.15. The van der Waals surface area contributed by atoms with Gasteiger partial charge in [0.15, 0.2) is 0 Å². The van der Waals surface area contributed by atoms with Crippen LogP contribution in [0.15, 0.2) is 18.3 Å². The summed E-state index contributed by atoms with van der Waals surface area (Å²) in [6, 6.07) is 3.72. The normalized spacial score (nSPS) is 20.3. The van der Waals surface area contributed by atoms with Gasteiger partial charge in [-0.15, -0.1) is 0 Å². The molecule has 4 nitrogen and oxygen atoms in total. The van der Waals surface area contributed by atoms with Crippen LogP contribution in [-0.2, 0) is 0 Å². The second-order valence-corrected chi connectivity index (χ2v) is 4.76. The van der Waals surface area contributed by atoms with Crippen molar-refractivity contribution in [1.82, 2.24) is 10.3 Å². The largest absolute Gasteiger partial charge is 0.384 e. The Morgan fingerprint density at radius 1 is 1.58 bits per heavy atom. The highest BCUT2D eigenvalue weighted by Crippen LogP contribution is 2.34. The van der Waals surface area contributed by atoms with Gasteiger partial charge >= 0.3 is 0 Å². The average molecular weight is 258 g/mol. The summed E-state index contributed by atoms with van der Waals surface area (Å²) < 4.78 is 0. The molecular formula is C15H18N2O2. The fourth-order valence-corrected chi connectivity index (χ4v) is 2.10. The van der Waals surface area contributed by atoms with Crippen LogP contribution in [0.5, 0.6) is 0 Å². The zero-order valence-corrected chi connectivity index (χ0v) is 11.0. The van der Waals surface area contributed by atoms with E-state index in [1.54, 1.807) is 18.3 Å². The summed E-state index contributed by atoms with van der Waals surface area (Å²) in [5, 5.41) is 11.6. The molecule has 1 amide bonds. The summed E-state index contributed by atoms with van der Waals surface area (Å²) in [6.45, 7) is 1.98. The second-order valence-electron chi connectivity index (χ2n) is 4.76. The first-order valence-corrected chi connectivity index (χ1v) is 6.61. The number of carbonyl (C=O) groups excluding carboxylic acids is 1. The molecule has 19 heavy (non-hydrogen) atoms. The Labute approximate surface area is 113 Å². The van der Waals surface area contributed by atoms with Crippen LogP contribution in [0.3, 0.4) is 0 Å². The molecule has 1 fully saturated rings. The van der Waals surface area contributed by atoms with E-state index in [1.165, 1.54) is 6.42 Å². The molecule has 0 radical (unpaired) electrons. The minimum Gasteiger partial charge on any atom is -0.384 e. The molecule has 0 bridgehead atoms. The summed E-state index contributed by atoms with van der Waals surface area (Å²) in [4.78, 5) is 16.0. The van der Waals surface area contributed by atoms with Gasteiger partial charge in [-0.1, -0.05) is 25.2 Å². The molecule has 1 aliphatic carbocycles. The van der Waals surface area contributed by atoms with Crippen LogP contribution in [0.1, 0.15) is 42.2 Å². The maximum absolute atomic E-state index is 11.9. The number of pyridine rings is 1. The lowest BCUT2D eigenvalue weighted by molar-refractivity contribution is 0.0944. The van der Waals surface area contributed by atoms with Crippen LogP contribution in [-0.4, -0.2) is 28.6 Å². The number of nitrogens with one attached hydrogen (secondary N) is 1. The summed E-state index contributed by atoms with van der Waals surface area (Å²) in [5.41, 5.74) is 1.11. The Hall–Kier alpha value is -1.86. The van der Waals surface area contributed by atoms with Crippen molar-refractivity contribution in [2.24, 2.45) is 5.92 Å². The number of aliphatic hydroxyl groups excluding tert-OH is 1. The third-order valence-electron chi connectivity index (χ3n) is 3.21. The third kappa shape index (κ3) is 3.80. The molecule has 1 aromatic heterocycles. The first-order valence-electron chi connectivity index (χ1n) is 6.61. The van der Waals surface area contributed by atoms with Gasteiger partial charge in [0, 0.05) is 17.8 Å². The van der Waals surface area contributed by atoms with Gasteiger partial charge in [-0.25, -0.2) is 4.98 Å². The summed E-state index contributed by atoms with van der Waals surface area (Å²) >= 11 is 0. The maximum Gasteiger partial charge on any atom is 0.270 e. The molecule has 2 unspecified atom stereocenters. The molecule has 0 aromatic carbocycles. The number of rotatable bonds is 4. The SMILES string of the molecule is CCCC1CC1NC(=O)c1ccc(C#CCO)cn1. The van der Waals surface area contributed by atoms with Crippen molar-refractivity contribution in [2.75, 3.05) is 6.61 Å². The minimum atomic E-state index is -0.178. The van der Waals surface area contributed by atoms with Gasteiger partial charge in [-0.05, 0) is 30.9 Å². The zero-order valence-electron chi connectivity index (χ0n) is 11.0. The summed E-state index contributed by atoms with van der Waals surface area (Å²) in [6.07, 6.45) is 4.97. The topological polar surface area (TPSA) is 62.2 Å². The molecule has 2 rings (SSSR count). The van der Waals surface area contributed by atoms with Gasteiger partial charge in [0.2, 0.25) is 0 Å². The number of amides is 1. The number of aromatic nitrogens is 1. The van der Waals surface area contributed by atoms with Gasteiger partial charge in [-0.2, -0.15) is 0 Å². The quantitative estimate of drug-likeness (QED) is 0.801. The highest BCUT2D eigenvalue weighted by atomic mass is 16.2. The Kier molecular flexibility index (Phi) is 4.53. The van der Waals surface area contributed by atoms with Gasteiger partial charge in [0.05, 0.1) is 0 Å². The Balaban J connectivity index is 1.89. The lowest BCUT2D eigenvalue weighted by Gasteiger charge is -2.03. The van der Waals surface area contributed by atoms with Gasteiger partial charge in [-0.3, -0.25) is 4.79 Å². The molecule has 0 aliphatic heterocycles. The standard InChI is InChI=1S/C15H18N2O2/c1-2-4-12-9-14(12)17-15(19)13-7-6-11(10-16-13)5-3-8-18/h6-7,10,12,14,18H,2,4,8-9H2,1H3,(H,17,19). The number of hydrogen-bond acceptors (Lipinski definition) is 3. The van der Waals surface area contributed by atoms with Crippen molar-refractivity contribution in [3.8, 4) is 11.8 Å². The highest BCUT2D eigenvalue weighted by molar-refractivity contribution is 5.92. The van der Waals surface area contributed by atoms with E-state index in [0.29, 0.717) is 23.2 Å². The molecule has 2 N–H and O–H groups in total. The molecule has 1 saturated carbocycles. The lowest BCUT2D eigenvalue weighted by atomic mass is 10.2.